The number of carbonyl (C=O) groups excluding carboxylic acids is 1. The van der Waals surface area contributed by atoms with Gasteiger partial charge in [-0.25, -0.2) is 0 Å². The van der Waals surface area contributed by atoms with Gasteiger partial charge >= 0.3 is 0 Å². The number of carbonyl (C=O) groups is 1. The van der Waals surface area contributed by atoms with Gasteiger partial charge in [0.25, 0.3) is 0 Å². The molecule has 130 valence electrons. The van der Waals surface area contributed by atoms with E-state index in [1.54, 1.807) is 12.1 Å². The van der Waals surface area contributed by atoms with E-state index in [-0.39, 0.29) is 5.75 Å². The van der Waals surface area contributed by atoms with Crippen molar-refractivity contribution in [1.82, 2.24) is 4.57 Å². The van der Waals surface area contributed by atoms with E-state index in [2.05, 4.69) is 29.7 Å². The number of phenols is 1. The summed E-state index contributed by atoms with van der Waals surface area (Å²) in [6.07, 6.45) is 0. The van der Waals surface area contributed by atoms with Crippen LogP contribution in [0.5, 0.6) is 5.75 Å². The molecule has 3 aromatic carbocycles. The molecule has 4 heteroatoms. The molecule has 0 spiro atoms. The number of hydrogen-bond donors (Lipinski definition) is 2. The van der Waals surface area contributed by atoms with Gasteiger partial charge < -0.3 is 15.4 Å². The number of nitrogens with zero attached hydrogens (tertiary/aromatic N) is 1. The number of fused-ring (bicyclic) bond motifs is 3. The number of amides is 1. The van der Waals surface area contributed by atoms with Crippen molar-refractivity contribution in [3.8, 4) is 5.75 Å². The average molecular weight is 344 g/mol. The highest BCUT2D eigenvalue weighted by Gasteiger charge is 2.19. The zero-order valence-electron chi connectivity index (χ0n) is 14.8. The molecule has 1 aromatic heterocycles. The molecule has 26 heavy (non-hydrogen) atoms. The maximum absolute atomic E-state index is 12.0. The zero-order valence-corrected chi connectivity index (χ0v) is 14.8. The number of nitrogens with two attached hydrogens (primary N) is 1. The molecule has 0 saturated carbocycles. The average Bonchev–Trinajstić information content (AvgIpc) is 2.89. The summed E-state index contributed by atoms with van der Waals surface area (Å²) in [5.74, 6) is -0.327. The third-order valence-corrected chi connectivity index (χ3v) is 4.80. The van der Waals surface area contributed by atoms with Crippen LogP contribution < -0.4 is 5.73 Å². The van der Waals surface area contributed by atoms with Crippen LogP contribution in [0.3, 0.4) is 0 Å². The second-order valence-corrected chi connectivity index (χ2v) is 6.82. The lowest BCUT2D eigenvalue weighted by Crippen LogP contribution is -2.11. The van der Waals surface area contributed by atoms with Crippen LogP contribution in [0.15, 0.2) is 54.6 Å². The van der Waals surface area contributed by atoms with Crippen molar-refractivity contribution in [2.45, 2.75) is 20.4 Å². The van der Waals surface area contributed by atoms with Gasteiger partial charge in [-0.05, 0) is 49.2 Å². The Bertz CT molecular complexity index is 1170. The molecule has 0 unspecified atom stereocenters. The van der Waals surface area contributed by atoms with E-state index in [1.165, 1.54) is 5.56 Å². The molecule has 0 aliphatic rings. The lowest BCUT2D eigenvalue weighted by Gasteiger charge is -2.09. The Labute approximate surface area is 151 Å². The molecule has 0 aliphatic carbocycles. The number of rotatable bonds is 3. The molecule has 0 saturated heterocycles. The second kappa shape index (κ2) is 5.92. The highest BCUT2D eigenvalue weighted by Crippen LogP contribution is 2.38. The molecule has 0 bridgehead atoms. The van der Waals surface area contributed by atoms with Gasteiger partial charge in [0, 0.05) is 17.5 Å². The van der Waals surface area contributed by atoms with Crippen molar-refractivity contribution in [1.29, 1.82) is 0 Å². The highest BCUT2D eigenvalue weighted by molar-refractivity contribution is 6.19. The highest BCUT2D eigenvalue weighted by atomic mass is 16.3. The van der Waals surface area contributed by atoms with Gasteiger partial charge in [-0.2, -0.15) is 0 Å². The third-order valence-electron chi connectivity index (χ3n) is 4.80. The number of hydrogen-bond acceptors (Lipinski definition) is 2. The van der Waals surface area contributed by atoms with Crippen molar-refractivity contribution in [3.63, 3.8) is 0 Å². The molecule has 1 amide bonds. The standard InChI is InChI=1S/C22H20N2O2/c1-13-5-3-6-15(9-13)12-24-17-8-4-7-16(22(23)26)20(17)21-18(24)10-14(2)11-19(21)25/h3-11,25H,12H2,1-2H3,(H2,23,26). The number of aryl methyl sites for hydroxylation is 2. The first-order valence-electron chi connectivity index (χ1n) is 8.55. The van der Waals surface area contributed by atoms with Crippen LogP contribution in [0.2, 0.25) is 0 Å². The molecule has 1 heterocycles. The van der Waals surface area contributed by atoms with E-state index >= 15 is 0 Å². The summed E-state index contributed by atoms with van der Waals surface area (Å²) in [7, 11) is 0. The molecule has 0 atom stereocenters. The smallest absolute Gasteiger partial charge is 0.249 e. The molecule has 4 aromatic rings. The lowest BCUT2D eigenvalue weighted by atomic mass is 10.0. The normalized spacial score (nSPS) is 11.3. The van der Waals surface area contributed by atoms with Crippen molar-refractivity contribution >= 4 is 27.7 Å². The van der Waals surface area contributed by atoms with Crippen LogP contribution in [-0.4, -0.2) is 15.6 Å². The molecular formula is C22H20N2O2. The second-order valence-electron chi connectivity index (χ2n) is 6.82. The molecule has 3 N–H and O–H groups in total. The van der Waals surface area contributed by atoms with E-state index in [0.29, 0.717) is 22.9 Å². The summed E-state index contributed by atoms with van der Waals surface area (Å²) in [4.78, 5) is 12.0. The Morgan fingerprint density at radius 3 is 2.46 bits per heavy atom. The molecule has 4 rings (SSSR count). The van der Waals surface area contributed by atoms with Crippen molar-refractivity contribution in [2.75, 3.05) is 0 Å². The summed E-state index contributed by atoms with van der Waals surface area (Å²) in [6.45, 7) is 4.66. The van der Waals surface area contributed by atoms with Crippen LogP contribution in [0, 0.1) is 13.8 Å². The number of aromatic hydroxyl groups is 1. The van der Waals surface area contributed by atoms with E-state index in [4.69, 9.17) is 5.73 Å². The quantitative estimate of drug-likeness (QED) is 0.583. The maximum Gasteiger partial charge on any atom is 0.249 e. The minimum Gasteiger partial charge on any atom is -0.507 e. The van der Waals surface area contributed by atoms with Crippen LogP contribution in [0.1, 0.15) is 27.0 Å². The monoisotopic (exact) mass is 344 g/mol. The summed E-state index contributed by atoms with van der Waals surface area (Å²) >= 11 is 0. The number of primary amides is 1. The topological polar surface area (TPSA) is 68.2 Å². The van der Waals surface area contributed by atoms with Gasteiger partial charge in [-0.15, -0.1) is 0 Å². The van der Waals surface area contributed by atoms with E-state index in [9.17, 15) is 9.90 Å². The van der Waals surface area contributed by atoms with Crippen molar-refractivity contribution in [2.24, 2.45) is 5.73 Å². The predicted molar refractivity (Wildman–Crippen MR) is 105 cm³/mol. The Morgan fingerprint density at radius 1 is 0.962 bits per heavy atom. The number of phenolic OH excluding ortho intramolecular Hbond substituents is 1. The van der Waals surface area contributed by atoms with Gasteiger partial charge in [-0.3, -0.25) is 4.79 Å². The summed E-state index contributed by atoms with van der Waals surface area (Å²) in [5.41, 5.74) is 11.1. The van der Waals surface area contributed by atoms with Crippen LogP contribution in [0.25, 0.3) is 21.8 Å². The number of benzene rings is 3. The SMILES string of the molecule is Cc1cccc(Cn2c3cc(C)cc(O)c3c3c(C(N)=O)cccc32)c1. The van der Waals surface area contributed by atoms with E-state index in [0.717, 1.165) is 22.2 Å². The van der Waals surface area contributed by atoms with Gasteiger partial charge in [0.15, 0.2) is 0 Å². The Morgan fingerprint density at radius 2 is 1.73 bits per heavy atom. The third kappa shape index (κ3) is 2.51. The molecule has 0 fully saturated rings. The van der Waals surface area contributed by atoms with Crippen LogP contribution >= 0.6 is 0 Å². The van der Waals surface area contributed by atoms with Gasteiger partial charge in [-0.1, -0.05) is 35.9 Å². The Balaban J connectivity index is 2.10. The maximum atomic E-state index is 12.0. The molecule has 0 radical (unpaired) electrons. The van der Waals surface area contributed by atoms with Crippen LogP contribution in [-0.2, 0) is 6.54 Å². The first kappa shape index (κ1) is 16.2. The predicted octanol–water partition coefficient (Wildman–Crippen LogP) is 4.26. The van der Waals surface area contributed by atoms with Crippen molar-refractivity contribution < 1.29 is 9.90 Å². The van der Waals surface area contributed by atoms with E-state index < -0.39 is 5.91 Å². The molecule has 4 nitrogen and oxygen atoms in total. The molecular weight excluding hydrogens is 324 g/mol. The number of aromatic nitrogens is 1. The van der Waals surface area contributed by atoms with Crippen LogP contribution in [0.4, 0.5) is 0 Å². The Kier molecular flexibility index (Phi) is 3.69. The Hall–Kier alpha value is -3.27. The fourth-order valence-electron chi connectivity index (χ4n) is 3.74. The summed E-state index contributed by atoms with van der Waals surface area (Å²) < 4.78 is 2.14. The molecule has 0 aliphatic heterocycles. The van der Waals surface area contributed by atoms with Gasteiger partial charge in [0.2, 0.25) is 5.91 Å². The first-order valence-corrected chi connectivity index (χ1v) is 8.55. The van der Waals surface area contributed by atoms with Gasteiger partial charge in [0.1, 0.15) is 5.75 Å². The zero-order chi connectivity index (χ0) is 18.4. The largest absolute Gasteiger partial charge is 0.507 e. The van der Waals surface area contributed by atoms with Gasteiger partial charge in [0.05, 0.1) is 16.4 Å². The minimum absolute atomic E-state index is 0.168. The van der Waals surface area contributed by atoms with Crippen molar-refractivity contribution in [3.05, 3.63) is 76.9 Å². The summed E-state index contributed by atoms with van der Waals surface area (Å²) in [6, 6.07) is 17.6. The lowest BCUT2D eigenvalue weighted by molar-refractivity contribution is 0.100. The fourth-order valence-corrected chi connectivity index (χ4v) is 3.74. The van der Waals surface area contributed by atoms with E-state index in [1.807, 2.05) is 31.2 Å². The minimum atomic E-state index is -0.495. The fraction of sp³-hybridized carbons (Fsp3) is 0.136. The first-order chi connectivity index (χ1) is 12.5. The summed E-state index contributed by atoms with van der Waals surface area (Å²) in [5, 5.41) is 12.0.